The highest BCUT2D eigenvalue weighted by Gasteiger charge is 2.40. The summed E-state index contributed by atoms with van der Waals surface area (Å²) in [6, 6.07) is 11.3. The molecule has 5 atom stereocenters. The van der Waals surface area contributed by atoms with E-state index in [2.05, 4.69) is 20.9 Å². The van der Waals surface area contributed by atoms with Crippen LogP contribution in [0.4, 0.5) is 8.78 Å². The van der Waals surface area contributed by atoms with Gasteiger partial charge in [-0.2, -0.15) is 0 Å². The smallest absolute Gasteiger partial charge is 0.253 e. The number of halogens is 2. The number of rotatable bonds is 18. The van der Waals surface area contributed by atoms with E-state index in [-0.39, 0.29) is 23.4 Å². The number of aliphatic hydroxyl groups excluding tert-OH is 2. The van der Waals surface area contributed by atoms with Crippen LogP contribution < -0.4 is 16.0 Å². The van der Waals surface area contributed by atoms with E-state index in [1.807, 2.05) is 6.07 Å². The Morgan fingerprint density at radius 3 is 2.14 bits per heavy atom. The van der Waals surface area contributed by atoms with Crippen LogP contribution in [0.2, 0.25) is 0 Å². The minimum atomic E-state index is -3.88. The molecule has 0 bridgehead atoms. The lowest BCUT2D eigenvalue weighted by Crippen LogP contribution is -2.59. The second kappa shape index (κ2) is 18.5. The number of pyridine rings is 1. The van der Waals surface area contributed by atoms with Gasteiger partial charge in [0.1, 0.15) is 23.8 Å². The van der Waals surface area contributed by atoms with Gasteiger partial charge in [0.25, 0.3) is 5.91 Å². The van der Waals surface area contributed by atoms with Gasteiger partial charge in [-0.15, -0.1) is 0 Å². The highest BCUT2D eigenvalue weighted by molar-refractivity contribution is 7.91. The summed E-state index contributed by atoms with van der Waals surface area (Å²) in [5.74, 6) is -7.04. The average molecular weight is 703 g/mol. The number of nitrogens with one attached hydrogen (secondary N) is 3. The van der Waals surface area contributed by atoms with Gasteiger partial charge in [0, 0.05) is 25.0 Å². The van der Waals surface area contributed by atoms with Gasteiger partial charge in [-0.3, -0.25) is 19.4 Å². The number of hydrogen-bond acceptors (Lipinski definition) is 8. The third-order valence-corrected chi connectivity index (χ3v) is 9.69. The Kier molecular flexibility index (Phi) is 14.8. The number of nitrogens with zero attached hydrogens (tertiary/aromatic N) is 1. The van der Waals surface area contributed by atoms with Crippen LogP contribution in [0, 0.1) is 23.5 Å². The third kappa shape index (κ3) is 12.3. The van der Waals surface area contributed by atoms with Crippen LogP contribution in [-0.4, -0.2) is 77.1 Å². The number of carbonyl (C=O) groups excluding carboxylic acids is 3. The monoisotopic (exact) mass is 702 g/mol. The first-order valence-corrected chi connectivity index (χ1v) is 17.9. The molecule has 49 heavy (non-hydrogen) atoms. The van der Waals surface area contributed by atoms with E-state index in [9.17, 15) is 41.8 Å². The minimum Gasteiger partial charge on any atom is -0.390 e. The number of hydrogen-bond donors (Lipinski definition) is 5. The van der Waals surface area contributed by atoms with Crippen LogP contribution in [0.15, 0.2) is 73.1 Å². The van der Waals surface area contributed by atoms with E-state index >= 15 is 0 Å². The quantitative estimate of drug-likeness (QED) is 0.135. The highest BCUT2D eigenvalue weighted by Crippen LogP contribution is 2.23. The van der Waals surface area contributed by atoms with Crippen LogP contribution in [0.3, 0.4) is 0 Å². The maximum atomic E-state index is 14.2. The van der Waals surface area contributed by atoms with Gasteiger partial charge >= 0.3 is 0 Å². The van der Waals surface area contributed by atoms with Crippen molar-refractivity contribution in [3.05, 3.63) is 101 Å². The number of carbonyl (C=O) groups is 3. The molecule has 0 saturated carbocycles. The van der Waals surface area contributed by atoms with Crippen LogP contribution in [0.25, 0.3) is 0 Å². The Bertz CT molecular complexity index is 1630. The van der Waals surface area contributed by atoms with Crippen LogP contribution >= 0.6 is 0 Å². The van der Waals surface area contributed by atoms with Gasteiger partial charge in [0.05, 0.1) is 35.1 Å². The summed E-state index contributed by atoms with van der Waals surface area (Å²) < 4.78 is 54.3. The molecule has 3 aromatic rings. The Morgan fingerprint density at radius 2 is 1.55 bits per heavy atom. The van der Waals surface area contributed by atoms with Crippen molar-refractivity contribution in [1.29, 1.82) is 0 Å². The second-order valence-corrected chi connectivity index (χ2v) is 14.5. The Balaban J connectivity index is 1.93. The predicted octanol–water partition coefficient (Wildman–Crippen LogP) is 2.71. The van der Waals surface area contributed by atoms with Gasteiger partial charge < -0.3 is 26.2 Å². The summed E-state index contributed by atoms with van der Waals surface area (Å²) >= 11 is 0. The van der Waals surface area contributed by atoms with E-state index < -0.39 is 87.5 Å². The zero-order chi connectivity index (χ0) is 36.1. The normalized spacial score (nSPS) is 14.7. The van der Waals surface area contributed by atoms with Crippen molar-refractivity contribution in [1.82, 2.24) is 20.9 Å². The Hall–Kier alpha value is -4.27. The fourth-order valence-corrected chi connectivity index (χ4v) is 6.99. The highest BCUT2D eigenvalue weighted by atomic mass is 32.2. The van der Waals surface area contributed by atoms with Crippen LogP contribution in [0.1, 0.15) is 55.1 Å². The molecule has 3 amide bonds. The fourth-order valence-electron chi connectivity index (χ4n) is 5.35. The first-order chi connectivity index (χ1) is 23.2. The maximum Gasteiger partial charge on any atom is 0.253 e. The molecule has 0 aliphatic heterocycles. The molecule has 1 aromatic heterocycles. The maximum absolute atomic E-state index is 14.2. The fraction of sp³-hybridized carbons (Fsp3) is 0.429. The largest absolute Gasteiger partial charge is 0.390 e. The van der Waals surface area contributed by atoms with Crippen molar-refractivity contribution in [2.24, 2.45) is 11.8 Å². The molecular weight excluding hydrogens is 658 g/mol. The van der Waals surface area contributed by atoms with E-state index in [0.717, 1.165) is 17.7 Å². The molecule has 0 spiro atoms. The summed E-state index contributed by atoms with van der Waals surface area (Å²) in [7, 11) is -3.88. The SMILES string of the molecule is CCCCS(=O)(=O)CC(NC(=O)c1cccnc1)C(=O)NC(Cc1cc(F)cc(F)c1)C(O)C(O)C(C(=O)NCc1ccccc1)C(C)C. The van der Waals surface area contributed by atoms with E-state index in [1.54, 1.807) is 45.0 Å². The summed E-state index contributed by atoms with van der Waals surface area (Å²) in [4.78, 5) is 44.0. The molecule has 11 nitrogen and oxygen atoms in total. The minimum absolute atomic E-state index is 0.00445. The summed E-state index contributed by atoms with van der Waals surface area (Å²) in [5, 5.41) is 30.6. The third-order valence-electron chi connectivity index (χ3n) is 7.94. The van der Waals surface area contributed by atoms with Gasteiger partial charge in [0.15, 0.2) is 9.84 Å². The molecule has 0 fully saturated rings. The first-order valence-electron chi connectivity index (χ1n) is 16.0. The molecule has 0 aliphatic rings. The summed E-state index contributed by atoms with van der Waals surface area (Å²) in [6.45, 7) is 5.24. The molecule has 2 aromatic carbocycles. The molecule has 0 saturated heterocycles. The number of aliphatic hydroxyl groups is 2. The van der Waals surface area contributed by atoms with Gasteiger partial charge in [0.2, 0.25) is 11.8 Å². The van der Waals surface area contributed by atoms with Crippen molar-refractivity contribution in [2.45, 2.75) is 70.9 Å². The number of aromatic nitrogens is 1. The molecule has 5 unspecified atom stereocenters. The van der Waals surface area contributed by atoms with E-state index in [0.29, 0.717) is 18.9 Å². The van der Waals surface area contributed by atoms with Crippen molar-refractivity contribution in [3.8, 4) is 0 Å². The van der Waals surface area contributed by atoms with Crippen molar-refractivity contribution in [3.63, 3.8) is 0 Å². The lowest BCUT2D eigenvalue weighted by Gasteiger charge is -2.34. The molecule has 14 heteroatoms. The molecule has 266 valence electrons. The summed E-state index contributed by atoms with van der Waals surface area (Å²) in [5.41, 5.74) is 0.838. The van der Waals surface area contributed by atoms with Gasteiger partial charge in [-0.1, -0.05) is 57.5 Å². The Morgan fingerprint density at radius 1 is 0.878 bits per heavy atom. The number of unbranched alkanes of at least 4 members (excludes halogenated alkanes) is 1. The van der Waals surface area contributed by atoms with Crippen LogP contribution in [-0.2, 0) is 32.4 Å². The molecule has 1 heterocycles. The van der Waals surface area contributed by atoms with E-state index in [4.69, 9.17) is 0 Å². The number of sulfone groups is 1. The molecule has 3 rings (SSSR count). The van der Waals surface area contributed by atoms with Crippen molar-refractivity contribution >= 4 is 27.6 Å². The van der Waals surface area contributed by atoms with Gasteiger partial charge in [-0.05, 0) is 54.2 Å². The standard InChI is InChI=1S/C35H44F2N4O7S/c1-4-5-14-49(47,48)21-29(41-33(44)25-12-9-13-38-20-25)34(45)40-28(17-24-15-26(36)18-27(37)16-24)31(42)32(43)30(22(2)3)35(46)39-19-23-10-7-6-8-11-23/h6-13,15-16,18,20,22,28-32,42-43H,4-5,14,17,19,21H2,1-3H3,(H,39,46)(H,40,45)(H,41,44). The molecule has 0 aliphatic carbocycles. The average Bonchev–Trinajstić information content (AvgIpc) is 3.05. The van der Waals surface area contributed by atoms with Crippen molar-refractivity contribution < 1.29 is 41.8 Å². The number of amides is 3. The lowest BCUT2D eigenvalue weighted by molar-refractivity contribution is -0.136. The summed E-state index contributed by atoms with van der Waals surface area (Å²) in [6.07, 6.45) is -0.589. The topological polar surface area (TPSA) is 175 Å². The molecular formula is C35H44F2N4O7S. The van der Waals surface area contributed by atoms with Crippen molar-refractivity contribution in [2.75, 3.05) is 11.5 Å². The van der Waals surface area contributed by atoms with Crippen LogP contribution in [0.5, 0.6) is 0 Å². The van der Waals surface area contributed by atoms with Gasteiger partial charge in [-0.25, -0.2) is 17.2 Å². The second-order valence-electron chi connectivity index (χ2n) is 12.3. The molecule has 0 radical (unpaired) electrons. The number of benzene rings is 2. The lowest BCUT2D eigenvalue weighted by atomic mass is 9.83. The molecule has 5 N–H and O–H groups in total. The predicted molar refractivity (Wildman–Crippen MR) is 180 cm³/mol. The first kappa shape index (κ1) is 39.2. The van der Waals surface area contributed by atoms with E-state index in [1.165, 1.54) is 24.5 Å². The zero-order valence-electron chi connectivity index (χ0n) is 27.7. The zero-order valence-corrected chi connectivity index (χ0v) is 28.5. The Labute approximate surface area is 285 Å².